The van der Waals surface area contributed by atoms with E-state index in [0.29, 0.717) is 6.92 Å². The average Bonchev–Trinajstić information content (AvgIpc) is 2.35. The number of carbonyl (C=O) groups is 1. The molecule has 0 aromatic heterocycles. The smallest absolute Gasteiger partial charge is 0.299 e. The Bertz CT molecular complexity index is 493. The molecule has 1 nitrogen and oxygen atoms in total. The lowest BCUT2D eigenvalue weighted by molar-refractivity contribution is -0.362. The van der Waals surface area contributed by atoms with Crippen molar-refractivity contribution in [3.63, 3.8) is 0 Å². The van der Waals surface area contributed by atoms with Gasteiger partial charge in [0.2, 0.25) is 0 Å². The molecule has 0 aliphatic heterocycles. The Balaban J connectivity index is 3.18. The minimum Gasteiger partial charge on any atom is -0.299 e. The second-order valence-electron chi connectivity index (χ2n) is 4.55. The van der Waals surface area contributed by atoms with Crippen LogP contribution < -0.4 is 0 Å². The summed E-state index contributed by atoms with van der Waals surface area (Å²) in [4.78, 5) is 11.2. The molecule has 118 valence electrons. The first-order valence-corrected chi connectivity index (χ1v) is 5.78. The lowest BCUT2D eigenvalue weighted by atomic mass is 9.86. The molecule has 0 aliphatic carbocycles. The lowest BCUT2D eigenvalue weighted by Gasteiger charge is -2.33. The normalized spacial score (nSPS) is 14.9. The first-order valence-electron chi connectivity index (χ1n) is 5.78. The molecule has 0 fully saturated rings. The van der Waals surface area contributed by atoms with E-state index in [1.165, 1.54) is 30.3 Å². The van der Waals surface area contributed by atoms with Gasteiger partial charge < -0.3 is 0 Å². The predicted octanol–water partition coefficient (Wildman–Crippen LogP) is 4.27. The van der Waals surface area contributed by atoms with E-state index < -0.39 is 36.1 Å². The van der Waals surface area contributed by atoms with Gasteiger partial charge in [-0.3, -0.25) is 4.79 Å². The zero-order valence-electron chi connectivity index (χ0n) is 10.7. The first-order chi connectivity index (χ1) is 9.41. The third kappa shape index (κ3) is 3.36. The molecule has 1 aromatic carbocycles. The third-order valence-electron chi connectivity index (χ3n) is 2.99. The fraction of sp³-hybridized carbons (Fsp3) is 0.462. The second kappa shape index (κ2) is 5.65. The molecule has 0 spiro atoms. The maximum Gasteiger partial charge on any atom is 0.459 e. The van der Waals surface area contributed by atoms with Crippen LogP contribution in [0.3, 0.4) is 0 Å². The van der Waals surface area contributed by atoms with Crippen molar-refractivity contribution in [1.82, 2.24) is 0 Å². The highest BCUT2D eigenvalue weighted by Gasteiger charge is 2.75. The van der Waals surface area contributed by atoms with E-state index >= 15 is 0 Å². The fourth-order valence-corrected chi connectivity index (χ4v) is 1.78. The Labute approximate surface area is 115 Å². The number of Topliss-reactive ketones (excluding diaryl/α,β-unsaturated/α-hetero) is 1. The maximum absolute atomic E-state index is 13.6. The van der Waals surface area contributed by atoms with E-state index in [4.69, 9.17) is 0 Å². The van der Waals surface area contributed by atoms with Gasteiger partial charge in [0.15, 0.2) is 0 Å². The van der Waals surface area contributed by atoms with Crippen LogP contribution in [0.1, 0.15) is 12.5 Å². The average molecular weight is 316 g/mol. The zero-order chi connectivity index (χ0) is 16.5. The number of carbonyl (C=O) groups excluding carboxylic acids is 1. The fourth-order valence-electron chi connectivity index (χ4n) is 1.78. The van der Waals surface area contributed by atoms with Crippen molar-refractivity contribution in [2.45, 2.75) is 31.4 Å². The van der Waals surface area contributed by atoms with Gasteiger partial charge in [-0.15, -0.1) is 0 Å². The highest BCUT2D eigenvalue weighted by atomic mass is 19.4. The molecule has 0 aliphatic rings. The molecule has 8 heteroatoms. The summed E-state index contributed by atoms with van der Waals surface area (Å²) in [5.41, 5.74) is 0.0651. The number of ketones is 1. The topological polar surface area (TPSA) is 17.1 Å². The molecule has 21 heavy (non-hydrogen) atoms. The summed E-state index contributed by atoms with van der Waals surface area (Å²) < 4.78 is 89.7. The quantitative estimate of drug-likeness (QED) is 0.742. The molecule has 0 saturated carbocycles. The molecule has 0 radical (unpaired) electrons. The van der Waals surface area contributed by atoms with Crippen molar-refractivity contribution >= 4 is 5.78 Å². The molecular weight excluding hydrogens is 305 g/mol. The Morgan fingerprint density at radius 3 is 1.86 bits per heavy atom. The van der Waals surface area contributed by atoms with Crippen molar-refractivity contribution < 1.29 is 35.5 Å². The Hall–Kier alpha value is -1.60. The molecule has 1 atom stereocenters. The lowest BCUT2D eigenvalue weighted by Crippen LogP contribution is -2.57. The van der Waals surface area contributed by atoms with Crippen molar-refractivity contribution in [3.05, 3.63) is 35.9 Å². The molecular formula is C13H11F7O. The van der Waals surface area contributed by atoms with E-state index in [0.717, 1.165) is 0 Å². The van der Waals surface area contributed by atoms with E-state index in [1.807, 2.05) is 0 Å². The van der Waals surface area contributed by atoms with Crippen LogP contribution >= 0.6 is 0 Å². The molecule has 0 N–H and O–H groups in total. The van der Waals surface area contributed by atoms with Gasteiger partial charge in [-0.2, -0.15) is 30.7 Å². The minimum absolute atomic E-state index is 0.0651. The maximum atomic E-state index is 13.6. The van der Waals surface area contributed by atoms with Crippen LogP contribution in [0.15, 0.2) is 30.3 Å². The standard InChI is InChI=1S/C13H11F7O/c1-8(21)10(7-9-5-3-2-4-6-9)11(14,15)12(16,17)13(18,19)20/h2-6,10H,7H2,1H3. The van der Waals surface area contributed by atoms with Gasteiger partial charge >= 0.3 is 18.0 Å². The van der Waals surface area contributed by atoms with Crippen molar-refractivity contribution in [2.24, 2.45) is 5.92 Å². The van der Waals surface area contributed by atoms with E-state index in [-0.39, 0.29) is 5.56 Å². The van der Waals surface area contributed by atoms with Crippen LogP contribution in [-0.4, -0.2) is 23.8 Å². The van der Waals surface area contributed by atoms with E-state index in [9.17, 15) is 35.5 Å². The number of hydrogen-bond donors (Lipinski definition) is 0. The number of benzene rings is 1. The minimum atomic E-state index is -6.44. The summed E-state index contributed by atoms with van der Waals surface area (Å²) in [6.07, 6.45) is -7.35. The number of alkyl halides is 7. The second-order valence-corrected chi connectivity index (χ2v) is 4.55. The summed E-state index contributed by atoms with van der Waals surface area (Å²) in [6, 6.07) is 6.82. The number of halogens is 7. The Morgan fingerprint density at radius 2 is 1.48 bits per heavy atom. The Morgan fingerprint density at radius 1 is 1.00 bits per heavy atom. The van der Waals surface area contributed by atoms with Crippen LogP contribution in [0, 0.1) is 5.92 Å². The summed E-state index contributed by atoms with van der Waals surface area (Å²) in [6.45, 7) is 0.563. The Kier molecular flexibility index (Phi) is 4.70. The van der Waals surface area contributed by atoms with Crippen LogP contribution in [0.2, 0.25) is 0 Å². The van der Waals surface area contributed by atoms with Gasteiger partial charge in [0.05, 0.1) is 5.92 Å². The van der Waals surface area contributed by atoms with Crippen molar-refractivity contribution in [1.29, 1.82) is 0 Å². The number of hydrogen-bond acceptors (Lipinski definition) is 1. The molecule has 1 aromatic rings. The van der Waals surface area contributed by atoms with Crippen molar-refractivity contribution in [3.8, 4) is 0 Å². The van der Waals surface area contributed by atoms with Gasteiger partial charge in [-0.1, -0.05) is 30.3 Å². The van der Waals surface area contributed by atoms with Crippen LogP contribution in [-0.2, 0) is 11.2 Å². The predicted molar refractivity (Wildman–Crippen MR) is 60.3 cm³/mol. The van der Waals surface area contributed by atoms with Gasteiger partial charge in [0, 0.05) is 0 Å². The number of rotatable bonds is 5. The van der Waals surface area contributed by atoms with Crippen LogP contribution in [0.25, 0.3) is 0 Å². The van der Waals surface area contributed by atoms with Gasteiger partial charge in [0.1, 0.15) is 5.78 Å². The first kappa shape index (κ1) is 17.5. The summed E-state index contributed by atoms with van der Waals surface area (Å²) >= 11 is 0. The van der Waals surface area contributed by atoms with Crippen LogP contribution in [0.4, 0.5) is 30.7 Å². The van der Waals surface area contributed by atoms with Gasteiger partial charge in [-0.05, 0) is 18.9 Å². The summed E-state index contributed by atoms with van der Waals surface area (Å²) in [5, 5.41) is 0. The molecule has 1 unspecified atom stereocenters. The van der Waals surface area contributed by atoms with Gasteiger partial charge in [-0.25, -0.2) is 0 Å². The molecule has 0 heterocycles. The monoisotopic (exact) mass is 316 g/mol. The molecule has 0 saturated heterocycles. The molecule has 1 rings (SSSR count). The van der Waals surface area contributed by atoms with Crippen molar-refractivity contribution in [2.75, 3.05) is 0 Å². The largest absolute Gasteiger partial charge is 0.459 e. The molecule has 0 amide bonds. The summed E-state index contributed by atoms with van der Waals surface area (Å²) in [7, 11) is 0. The summed E-state index contributed by atoms with van der Waals surface area (Å²) in [5.74, 6) is -16.0. The zero-order valence-corrected chi connectivity index (χ0v) is 10.7. The van der Waals surface area contributed by atoms with E-state index in [1.54, 1.807) is 0 Å². The van der Waals surface area contributed by atoms with E-state index in [2.05, 4.69) is 0 Å². The highest BCUT2D eigenvalue weighted by Crippen LogP contribution is 2.50. The van der Waals surface area contributed by atoms with Crippen LogP contribution in [0.5, 0.6) is 0 Å². The SMILES string of the molecule is CC(=O)C(Cc1ccccc1)C(F)(F)C(F)(F)C(F)(F)F. The van der Waals surface area contributed by atoms with Gasteiger partial charge in [0.25, 0.3) is 0 Å². The molecule has 0 bridgehead atoms. The third-order valence-corrected chi connectivity index (χ3v) is 2.99. The highest BCUT2D eigenvalue weighted by molar-refractivity contribution is 5.80.